The van der Waals surface area contributed by atoms with Crippen LogP contribution in [0.15, 0.2) is 54.6 Å². The van der Waals surface area contributed by atoms with Crippen molar-refractivity contribution in [2.75, 3.05) is 0 Å². The Bertz CT molecular complexity index is 757. The molecule has 2 aromatic rings. The first-order chi connectivity index (χ1) is 13.4. The monoisotopic (exact) mass is 389 g/mol. The predicted molar refractivity (Wildman–Crippen MR) is 102 cm³/mol. The van der Waals surface area contributed by atoms with Gasteiger partial charge < -0.3 is 15.2 Å². The van der Waals surface area contributed by atoms with Crippen molar-refractivity contribution in [3.8, 4) is 5.75 Å². The summed E-state index contributed by atoms with van der Waals surface area (Å²) in [6, 6.07) is 16.1. The molecule has 0 aromatic heterocycles. The molecule has 4 nitrogen and oxygen atoms in total. The van der Waals surface area contributed by atoms with Gasteiger partial charge in [0.1, 0.15) is 5.75 Å². The molecule has 1 amide bonds. The van der Waals surface area contributed by atoms with E-state index >= 15 is 0 Å². The Morgan fingerprint density at radius 1 is 1.11 bits per heavy atom. The van der Waals surface area contributed by atoms with Gasteiger partial charge in [0.2, 0.25) is 5.91 Å². The zero-order valence-electron chi connectivity index (χ0n) is 15.6. The molecule has 2 N–H and O–H groups in total. The number of halogens is 2. The van der Waals surface area contributed by atoms with E-state index in [1.807, 2.05) is 30.3 Å². The van der Waals surface area contributed by atoms with Crippen molar-refractivity contribution in [1.29, 1.82) is 0 Å². The molecular formula is C22H25F2NO3. The average molecular weight is 389 g/mol. The highest BCUT2D eigenvalue weighted by Gasteiger charge is 2.34. The molecule has 0 atom stereocenters. The largest absolute Gasteiger partial charge is 0.435 e. The summed E-state index contributed by atoms with van der Waals surface area (Å²) in [7, 11) is 0. The van der Waals surface area contributed by atoms with Crippen molar-refractivity contribution < 1.29 is 23.4 Å². The molecule has 1 aliphatic carbocycles. The summed E-state index contributed by atoms with van der Waals surface area (Å²) in [6.45, 7) is -2.84. The van der Waals surface area contributed by atoms with Gasteiger partial charge in [-0.3, -0.25) is 4.79 Å². The molecule has 0 spiro atoms. The van der Waals surface area contributed by atoms with E-state index in [0.717, 1.165) is 24.0 Å². The summed E-state index contributed by atoms with van der Waals surface area (Å²) in [6.07, 6.45) is 3.56. The Balaban J connectivity index is 1.42. The minimum atomic E-state index is -2.84. The minimum absolute atomic E-state index is 0.0388. The maximum Gasteiger partial charge on any atom is 0.387 e. The molecule has 0 heterocycles. The van der Waals surface area contributed by atoms with Crippen LogP contribution in [-0.4, -0.2) is 23.7 Å². The van der Waals surface area contributed by atoms with E-state index in [1.165, 1.54) is 12.1 Å². The number of carbonyl (C=O) groups excluding carboxylic acids is 1. The summed E-state index contributed by atoms with van der Waals surface area (Å²) < 4.78 is 28.6. The Morgan fingerprint density at radius 2 is 1.75 bits per heavy atom. The minimum Gasteiger partial charge on any atom is -0.435 e. The molecule has 0 aliphatic heterocycles. The normalized spacial score (nSPS) is 22.1. The van der Waals surface area contributed by atoms with Crippen molar-refractivity contribution >= 4 is 5.91 Å². The van der Waals surface area contributed by atoms with Crippen LogP contribution < -0.4 is 10.1 Å². The smallest absolute Gasteiger partial charge is 0.387 e. The lowest BCUT2D eigenvalue weighted by Gasteiger charge is -2.36. The quantitative estimate of drug-likeness (QED) is 0.747. The molecule has 0 radical (unpaired) electrons. The van der Waals surface area contributed by atoms with Gasteiger partial charge in [-0.15, -0.1) is 0 Å². The van der Waals surface area contributed by atoms with Crippen LogP contribution in [0.2, 0.25) is 0 Å². The summed E-state index contributed by atoms with van der Waals surface area (Å²) in [5.41, 5.74) is 1.00. The van der Waals surface area contributed by atoms with Crippen molar-refractivity contribution in [2.24, 2.45) is 0 Å². The first kappa shape index (κ1) is 20.3. The highest BCUT2D eigenvalue weighted by atomic mass is 19.3. The molecule has 0 unspecified atom stereocenters. The van der Waals surface area contributed by atoms with E-state index < -0.39 is 12.2 Å². The maximum absolute atomic E-state index is 12.2. The number of rotatable bonds is 7. The lowest BCUT2D eigenvalue weighted by atomic mass is 9.78. The number of aryl methyl sites for hydroxylation is 1. The Hall–Kier alpha value is -2.47. The van der Waals surface area contributed by atoms with Crippen LogP contribution in [0.3, 0.4) is 0 Å². The molecule has 1 fully saturated rings. The Labute approximate surface area is 163 Å². The number of aliphatic hydroxyl groups is 1. The fourth-order valence-electron chi connectivity index (χ4n) is 3.67. The molecule has 1 aliphatic rings. The van der Waals surface area contributed by atoms with Crippen LogP contribution in [0.1, 0.15) is 43.2 Å². The van der Waals surface area contributed by atoms with Gasteiger partial charge in [0, 0.05) is 12.5 Å². The van der Waals surface area contributed by atoms with E-state index in [0.29, 0.717) is 25.7 Å². The second-order valence-electron chi connectivity index (χ2n) is 7.26. The summed E-state index contributed by atoms with van der Waals surface area (Å²) in [4.78, 5) is 12.2. The van der Waals surface area contributed by atoms with Gasteiger partial charge in [-0.1, -0.05) is 42.5 Å². The van der Waals surface area contributed by atoms with Gasteiger partial charge in [-0.25, -0.2) is 0 Å². The summed E-state index contributed by atoms with van der Waals surface area (Å²) >= 11 is 0. The van der Waals surface area contributed by atoms with E-state index in [1.54, 1.807) is 12.1 Å². The average Bonchev–Trinajstić information content (AvgIpc) is 2.70. The van der Waals surface area contributed by atoms with Crippen LogP contribution >= 0.6 is 0 Å². The van der Waals surface area contributed by atoms with E-state index in [-0.39, 0.29) is 17.7 Å². The van der Waals surface area contributed by atoms with Crippen LogP contribution in [0.4, 0.5) is 8.78 Å². The van der Waals surface area contributed by atoms with Crippen LogP contribution in [0, 0.1) is 0 Å². The van der Waals surface area contributed by atoms with Crippen LogP contribution in [-0.2, 0) is 16.8 Å². The van der Waals surface area contributed by atoms with Gasteiger partial charge in [0.05, 0.1) is 5.60 Å². The first-order valence-corrected chi connectivity index (χ1v) is 9.56. The van der Waals surface area contributed by atoms with Crippen LogP contribution in [0.5, 0.6) is 5.75 Å². The lowest BCUT2D eigenvalue weighted by molar-refractivity contribution is -0.122. The number of benzene rings is 2. The molecular weight excluding hydrogens is 364 g/mol. The second kappa shape index (κ2) is 9.15. The maximum atomic E-state index is 12.2. The predicted octanol–water partition coefficient (Wildman–Crippen LogP) is 4.17. The number of nitrogens with one attached hydrogen (secondary N) is 1. The van der Waals surface area contributed by atoms with Gasteiger partial charge in [0.15, 0.2) is 0 Å². The van der Waals surface area contributed by atoms with E-state index in [2.05, 4.69) is 10.1 Å². The zero-order valence-corrected chi connectivity index (χ0v) is 15.6. The molecule has 0 saturated heterocycles. The summed E-state index contributed by atoms with van der Waals surface area (Å²) in [5.74, 6) is 0.0689. The van der Waals surface area contributed by atoms with Gasteiger partial charge >= 0.3 is 6.61 Å². The zero-order chi connectivity index (χ0) is 20.0. The SMILES string of the molecule is O=C(CCc1ccc(OC(F)F)cc1)NC1CCC(O)(c2ccccc2)CC1. The standard InChI is InChI=1S/C22H25F2NO3/c23-21(24)28-19-9-6-16(7-10-19)8-11-20(26)25-18-12-14-22(27,15-13-18)17-4-2-1-3-5-17/h1-7,9-10,18,21,27H,8,11-15H2,(H,25,26). The van der Waals surface area contributed by atoms with Gasteiger partial charge in [-0.2, -0.15) is 8.78 Å². The van der Waals surface area contributed by atoms with Gasteiger partial charge in [0.25, 0.3) is 0 Å². The molecule has 150 valence electrons. The molecule has 6 heteroatoms. The number of hydrogen-bond acceptors (Lipinski definition) is 3. The molecule has 28 heavy (non-hydrogen) atoms. The molecule has 1 saturated carbocycles. The third kappa shape index (κ3) is 5.52. The fourth-order valence-corrected chi connectivity index (χ4v) is 3.67. The third-order valence-corrected chi connectivity index (χ3v) is 5.28. The number of ether oxygens (including phenoxy) is 1. The second-order valence-corrected chi connectivity index (χ2v) is 7.26. The summed E-state index contributed by atoms with van der Waals surface area (Å²) in [5, 5.41) is 13.9. The van der Waals surface area contributed by atoms with Crippen molar-refractivity contribution in [2.45, 2.75) is 56.8 Å². The lowest BCUT2D eigenvalue weighted by Crippen LogP contribution is -2.42. The highest BCUT2D eigenvalue weighted by molar-refractivity contribution is 5.76. The molecule has 2 aromatic carbocycles. The Morgan fingerprint density at radius 3 is 2.36 bits per heavy atom. The number of alkyl halides is 2. The van der Waals surface area contributed by atoms with Crippen LogP contribution in [0.25, 0.3) is 0 Å². The third-order valence-electron chi connectivity index (χ3n) is 5.28. The first-order valence-electron chi connectivity index (χ1n) is 9.56. The van der Waals surface area contributed by atoms with Crippen molar-refractivity contribution in [3.05, 3.63) is 65.7 Å². The number of hydrogen-bond donors (Lipinski definition) is 2. The fraction of sp³-hybridized carbons (Fsp3) is 0.409. The molecule has 0 bridgehead atoms. The van der Waals surface area contributed by atoms with Crippen molar-refractivity contribution in [1.82, 2.24) is 5.32 Å². The van der Waals surface area contributed by atoms with E-state index in [9.17, 15) is 18.7 Å². The van der Waals surface area contributed by atoms with Gasteiger partial charge in [-0.05, 0) is 55.4 Å². The number of amides is 1. The number of carbonyl (C=O) groups is 1. The van der Waals surface area contributed by atoms with Crippen molar-refractivity contribution in [3.63, 3.8) is 0 Å². The topological polar surface area (TPSA) is 58.6 Å². The molecule has 3 rings (SSSR count). The highest BCUT2D eigenvalue weighted by Crippen LogP contribution is 2.36. The van der Waals surface area contributed by atoms with E-state index in [4.69, 9.17) is 0 Å². The Kier molecular flexibility index (Phi) is 6.62.